The van der Waals surface area contributed by atoms with Crippen LogP contribution in [0.1, 0.15) is 39.8 Å². The van der Waals surface area contributed by atoms with Gasteiger partial charge in [0.2, 0.25) is 0 Å². The highest BCUT2D eigenvalue weighted by atomic mass is 32.2. The maximum atomic E-state index is 12.6. The molecule has 26 heavy (non-hydrogen) atoms. The summed E-state index contributed by atoms with van der Waals surface area (Å²) in [4.78, 5) is 28.5. The highest BCUT2D eigenvalue weighted by molar-refractivity contribution is 8.01. The van der Waals surface area contributed by atoms with Gasteiger partial charge in [-0.2, -0.15) is 0 Å². The molecule has 5 rings (SSSR count). The van der Waals surface area contributed by atoms with Crippen molar-refractivity contribution in [3.8, 4) is 0 Å². The van der Waals surface area contributed by atoms with Crippen LogP contribution in [-0.4, -0.2) is 42.3 Å². The molecule has 0 radical (unpaired) electrons. The molecule has 0 saturated carbocycles. The number of carbonyl (C=O) groups is 2. The van der Waals surface area contributed by atoms with Gasteiger partial charge >= 0.3 is 0 Å². The summed E-state index contributed by atoms with van der Waals surface area (Å²) in [6.07, 6.45) is 2.39. The zero-order valence-electron chi connectivity index (χ0n) is 14.7. The Kier molecular flexibility index (Phi) is 5.16. The lowest BCUT2D eigenvalue weighted by atomic mass is 9.84. The highest BCUT2D eigenvalue weighted by Crippen LogP contribution is 2.36. The van der Waals surface area contributed by atoms with Crippen LogP contribution in [0.25, 0.3) is 0 Å². The van der Waals surface area contributed by atoms with Crippen molar-refractivity contribution in [2.45, 2.75) is 34.9 Å². The average molecular weight is 387 g/mol. The normalized spacial score (nSPS) is 24.4. The first-order chi connectivity index (χ1) is 12.6. The Morgan fingerprint density at radius 1 is 1.15 bits per heavy atom. The van der Waals surface area contributed by atoms with Gasteiger partial charge in [-0.25, -0.2) is 0 Å². The van der Waals surface area contributed by atoms with Crippen molar-refractivity contribution in [3.63, 3.8) is 0 Å². The second-order valence-corrected chi connectivity index (χ2v) is 9.42. The zero-order chi connectivity index (χ0) is 18.1. The van der Waals surface area contributed by atoms with Crippen molar-refractivity contribution in [2.75, 3.05) is 19.6 Å². The molecule has 3 fully saturated rings. The van der Waals surface area contributed by atoms with Crippen LogP contribution in [0.5, 0.6) is 0 Å². The van der Waals surface area contributed by atoms with E-state index < -0.39 is 0 Å². The van der Waals surface area contributed by atoms with Gasteiger partial charge < -0.3 is 10.2 Å². The Bertz CT molecular complexity index is 825. The Labute approximate surface area is 162 Å². The van der Waals surface area contributed by atoms with E-state index in [0.717, 1.165) is 26.1 Å². The van der Waals surface area contributed by atoms with Crippen molar-refractivity contribution in [1.82, 2.24) is 10.2 Å². The summed E-state index contributed by atoms with van der Waals surface area (Å²) in [6, 6.07) is 11.7. The second-order valence-electron chi connectivity index (χ2n) is 6.99. The molecule has 1 aromatic heterocycles. The summed E-state index contributed by atoms with van der Waals surface area (Å²) >= 11 is 3.04. The molecule has 2 bridgehead atoms. The highest BCUT2D eigenvalue weighted by Gasteiger charge is 2.35. The molecule has 4 heterocycles. The van der Waals surface area contributed by atoms with E-state index >= 15 is 0 Å². The molecule has 1 atom stereocenters. The maximum Gasteiger partial charge on any atom is 0.261 e. The number of rotatable bonds is 5. The predicted molar refractivity (Wildman–Crippen MR) is 105 cm³/mol. The number of benzene rings is 1. The minimum Gasteiger partial charge on any atom is -0.347 e. The first-order valence-corrected chi connectivity index (χ1v) is 10.6. The number of thiophene rings is 1. The number of fused-ring (bicyclic) bond motifs is 3. The number of piperidine rings is 3. The van der Waals surface area contributed by atoms with Gasteiger partial charge in [0, 0.05) is 23.0 Å². The Morgan fingerprint density at radius 3 is 2.62 bits per heavy atom. The molecule has 4 nitrogen and oxygen atoms in total. The average Bonchev–Trinajstić information content (AvgIpc) is 3.12. The van der Waals surface area contributed by atoms with E-state index in [0.29, 0.717) is 5.92 Å². The number of hydrogen-bond acceptors (Lipinski definition) is 5. The topological polar surface area (TPSA) is 49.4 Å². The summed E-state index contributed by atoms with van der Waals surface area (Å²) in [5.74, 6) is 0.714. The first-order valence-electron chi connectivity index (χ1n) is 9.01. The van der Waals surface area contributed by atoms with Crippen LogP contribution in [0.3, 0.4) is 0 Å². The zero-order valence-corrected chi connectivity index (χ0v) is 16.4. The van der Waals surface area contributed by atoms with E-state index in [-0.39, 0.29) is 17.7 Å². The molecule has 3 aliphatic heterocycles. The molecule has 1 amide bonds. The van der Waals surface area contributed by atoms with Gasteiger partial charge in [-0.3, -0.25) is 9.59 Å². The summed E-state index contributed by atoms with van der Waals surface area (Å²) < 4.78 is 1.03. The summed E-state index contributed by atoms with van der Waals surface area (Å²) in [5.41, 5.74) is 0.726. The van der Waals surface area contributed by atoms with Gasteiger partial charge in [-0.05, 0) is 57.0 Å². The van der Waals surface area contributed by atoms with Gasteiger partial charge in [0.25, 0.3) is 5.91 Å². The summed E-state index contributed by atoms with van der Waals surface area (Å²) in [5, 5.41) is 3.24. The third-order valence-corrected chi connectivity index (χ3v) is 7.55. The standard InChI is InChI=1S/C20H22N2O2S2/c1-13(23)15-4-2-3-5-17(15)25-19-7-6-18(26-19)20(24)21-16-12-22-10-8-14(16)9-11-22/h2-7,14,16H,8-12H2,1H3,(H,21,24)/t16-/m0/s1. The molecule has 0 unspecified atom stereocenters. The molecule has 2 aromatic rings. The number of Topliss-reactive ketones (excluding diaryl/α,β-unsaturated/α-hetero) is 1. The van der Waals surface area contributed by atoms with E-state index in [1.54, 1.807) is 18.7 Å². The quantitative estimate of drug-likeness (QED) is 0.791. The molecule has 136 valence electrons. The van der Waals surface area contributed by atoms with Crippen LogP contribution < -0.4 is 5.32 Å². The summed E-state index contributed by atoms with van der Waals surface area (Å²) in [7, 11) is 0. The fourth-order valence-electron chi connectivity index (χ4n) is 3.82. The van der Waals surface area contributed by atoms with Crippen LogP contribution in [0.2, 0.25) is 0 Å². The van der Waals surface area contributed by atoms with Crippen LogP contribution in [0.15, 0.2) is 45.5 Å². The smallest absolute Gasteiger partial charge is 0.261 e. The Balaban J connectivity index is 1.43. The van der Waals surface area contributed by atoms with E-state index in [1.165, 1.54) is 37.3 Å². The molecule has 1 N–H and O–H groups in total. The minimum atomic E-state index is 0.0282. The number of ketones is 1. The second kappa shape index (κ2) is 7.55. The predicted octanol–water partition coefficient (Wildman–Crippen LogP) is 3.93. The van der Waals surface area contributed by atoms with Gasteiger partial charge in [-0.15, -0.1) is 11.3 Å². The number of hydrogen-bond donors (Lipinski definition) is 1. The largest absolute Gasteiger partial charge is 0.347 e. The van der Waals surface area contributed by atoms with E-state index in [9.17, 15) is 9.59 Å². The maximum absolute atomic E-state index is 12.6. The number of amides is 1. The summed E-state index contributed by atoms with van der Waals surface area (Å²) in [6.45, 7) is 4.91. The van der Waals surface area contributed by atoms with E-state index in [2.05, 4.69) is 10.2 Å². The lowest BCUT2D eigenvalue weighted by Gasteiger charge is -2.44. The molecule has 3 saturated heterocycles. The fraction of sp³-hybridized carbons (Fsp3) is 0.400. The first kappa shape index (κ1) is 17.8. The lowest BCUT2D eigenvalue weighted by Crippen LogP contribution is -2.57. The number of carbonyl (C=O) groups excluding carboxylic acids is 2. The van der Waals surface area contributed by atoms with Crippen LogP contribution in [0.4, 0.5) is 0 Å². The van der Waals surface area contributed by atoms with Crippen LogP contribution in [-0.2, 0) is 0 Å². The molecule has 6 heteroatoms. The molecule has 0 spiro atoms. The van der Waals surface area contributed by atoms with Gasteiger partial charge in [0.15, 0.2) is 5.78 Å². The lowest BCUT2D eigenvalue weighted by molar-refractivity contribution is 0.0622. The van der Waals surface area contributed by atoms with E-state index in [1.807, 2.05) is 36.4 Å². The van der Waals surface area contributed by atoms with Gasteiger partial charge in [-0.1, -0.05) is 30.0 Å². The van der Waals surface area contributed by atoms with E-state index in [4.69, 9.17) is 0 Å². The molecular formula is C20H22N2O2S2. The SMILES string of the molecule is CC(=O)c1ccccc1Sc1ccc(C(=O)N[C@H]2CN3CCC2CC3)s1. The molecule has 0 aliphatic carbocycles. The third-order valence-electron chi connectivity index (χ3n) is 5.25. The monoisotopic (exact) mass is 386 g/mol. The Hall–Kier alpha value is -1.63. The van der Waals surface area contributed by atoms with Gasteiger partial charge in [0.05, 0.1) is 9.09 Å². The van der Waals surface area contributed by atoms with Crippen LogP contribution in [0, 0.1) is 5.92 Å². The number of nitrogens with one attached hydrogen (secondary N) is 1. The molecule has 1 aromatic carbocycles. The fourth-order valence-corrected chi connectivity index (χ4v) is 5.99. The van der Waals surface area contributed by atoms with Crippen LogP contribution >= 0.6 is 23.1 Å². The van der Waals surface area contributed by atoms with Crippen molar-refractivity contribution in [1.29, 1.82) is 0 Å². The molecule has 3 aliphatic rings. The van der Waals surface area contributed by atoms with Crippen molar-refractivity contribution in [2.24, 2.45) is 5.92 Å². The minimum absolute atomic E-state index is 0.0282. The van der Waals surface area contributed by atoms with Crippen molar-refractivity contribution < 1.29 is 9.59 Å². The number of nitrogens with zero attached hydrogens (tertiary/aromatic N) is 1. The molecular weight excluding hydrogens is 364 g/mol. The Morgan fingerprint density at radius 2 is 1.92 bits per heavy atom. The third kappa shape index (κ3) is 3.72. The van der Waals surface area contributed by atoms with Crippen molar-refractivity contribution in [3.05, 3.63) is 46.8 Å². The van der Waals surface area contributed by atoms with Crippen molar-refractivity contribution >= 4 is 34.8 Å². The van der Waals surface area contributed by atoms with Gasteiger partial charge in [0.1, 0.15) is 0 Å².